The number of aliphatic hydroxyl groups excluding tert-OH is 1. The minimum atomic E-state index is 0.0389. The van der Waals surface area contributed by atoms with Gasteiger partial charge in [0, 0.05) is 6.04 Å². The third kappa shape index (κ3) is 5.60. The second-order valence-corrected chi connectivity index (χ2v) is 3.34. The molecule has 0 aromatic rings. The van der Waals surface area contributed by atoms with E-state index >= 15 is 0 Å². The molecule has 0 aliphatic heterocycles. The molecular weight excluding hydrogens is 184 g/mol. The average Bonchev–Trinajstić information content (AvgIpc) is 2.13. The molecule has 0 saturated heterocycles. The molecule has 0 rings (SSSR count). The van der Waals surface area contributed by atoms with Gasteiger partial charge in [0.2, 0.25) is 0 Å². The van der Waals surface area contributed by atoms with Crippen molar-refractivity contribution < 1.29 is 5.11 Å². The van der Waals surface area contributed by atoms with Gasteiger partial charge in [-0.3, -0.25) is 0 Å². The van der Waals surface area contributed by atoms with Crippen LogP contribution in [0.15, 0.2) is 12.7 Å². The highest BCUT2D eigenvalue weighted by atomic mass is 32.1. The van der Waals surface area contributed by atoms with Gasteiger partial charge in [0.05, 0.1) is 12.6 Å². The number of hydrogen-bond donors (Lipinski definition) is 3. The van der Waals surface area contributed by atoms with Gasteiger partial charge in [0.15, 0.2) is 5.11 Å². The molecule has 0 aromatic heterocycles. The first-order valence-electron chi connectivity index (χ1n) is 4.44. The van der Waals surface area contributed by atoms with Gasteiger partial charge in [-0.05, 0) is 25.6 Å². The summed E-state index contributed by atoms with van der Waals surface area (Å²) in [7, 11) is 0. The third-order valence-electron chi connectivity index (χ3n) is 1.76. The minimum absolute atomic E-state index is 0.0389. The zero-order chi connectivity index (χ0) is 10.3. The van der Waals surface area contributed by atoms with Gasteiger partial charge in [0.25, 0.3) is 0 Å². The van der Waals surface area contributed by atoms with Gasteiger partial charge in [-0.2, -0.15) is 0 Å². The molecule has 13 heavy (non-hydrogen) atoms. The fourth-order valence-electron chi connectivity index (χ4n) is 0.770. The Morgan fingerprint density at radius 3 is 2.62 bits per heavy atom. The number of thiocarbonyl (C=S) groups is 1. The van der Waals surface area contributed by atoms with E-state index in [0.717, 1.165) is 6.42 Å². The van der Waals surface area contributed by atoms with Crippen LogP contribution in [0, 0.1) is 0 Å². The highest BCUT2D eigenvalue weighted by Gasteiger charge is 2.06. The normalized spacial score (nSPS) is 14.4. The maximum Gasteiger partial charge on any atom is 0.167 e. The lowest BCUT2D eigenvalue weighted by Gasteiger charge is -2.19. The predicted octanol–water partition coefficient (Wildman–Crippen LogP) is 0.796. The van der Waals surface area contributed by atoms with Crippen LogP contribution < -0.4 is 10.6 Å². The first-order valence-corrected chi connectivity index (χ1v) is 4.85. The van der Waals surface area contributed by atoms with Gasteiger partial charge in [-0.25, -0.2) is 0 Å². The van der Waals surface area contributed by atoms with Crippen LogP contribution in [0.5, 0.6) is 0 Å². The Morgan fingerprint density at radius 1 is 1.62 bits per heavy atom. The number of nitrogens with one attached hydrogen (secondary N) is 2. The SMILES string of the molecule is C=CC(C)NC(=S)NC(CC)CO. The summed E-state index contributed by atoms with van der Waals surface area (Å²) in [5.41, 5.74) is 0. The molecule has 3 nitrogen and oxygen atoms in total. The Labute approximate surface area is 85.2 Å². The van der Waals surface area contributed by atoms with Crippen molar-refractivity contribution in [3.05, 3.63) is 12.7 Å². The lowest BCUT2D eigenvalue weighted by atomic mass is 10.2. The molecule has 2 unspecified atom stereocenters. The van der Waals surface area contributed by atoms with E-state index in [0.29, 0.717) is 5.11 Å². The summed E-state index contributed by atoms with van der Waals surface area (Å²) < 4.78 is 0. The molecular formula is C9H18N2OS. The van der Waals surface area contributed by atoms with Crippen molar-refractivity contribution in [2.75, 3.05) is 6.61 Å². The van der Waals surface area contributed by atoms with E-state index in [-0.39, 0.29) is 18.7 Å². The monoisotopic (exact) mass is 202 g/mol. The van der Waals surface area contributed by atoms with Crippen LogP contribution in [0.4, 0.5) is 0 Å². The summed E-state index contributed by atoms with van der Waals surface area (Å²) in [5.74, 6) is 0. The van der Waals surface area contributed by atoms with Gasteiger partial charge >= 0.3 is 0 Å². The van der Waals surface area contributed by atoms with E-state index in [9.17, 15) is 0 Å². The maximum atomic E-state index is 8.90. The summed E-state index contributed by atoms with van der Waals surface area (Å²) in [5, 5.41) is 15.5. The fourth-order valence-corrected chi connectivity index (χ4v) is 1.12. The summed E-state index contributed by atoms with van der Waals surface area (Å²) in [6.45, 7) is 7.68. The quantitative estimate of drug-likeness (QED) is 0.456. The van der Waals surface area contributed by atoms with Crippen LogP contribution in [-0.2, 0) is 0 Å². The first kappa shape index (κ1) is 12.4. The molecule has 0 fully saturated rings. The van der Waals surface area contributed by atoms with Crippen LogP contribution in [0.3, 0.4) is 0 Å². The Hall–Kier alpha value is -0.610. The molecule has 0 radical (unpaired) electrons. The van der Waals surface area contributed by atoms with Crippen LogP contribution in [0.1, 0.15) is 20.3 Å². The Bertz CT molecular complexity index is 169. The summed E-state index contributed by atoms with van der Waals surface area (Å²) in [6.07, 6.45) is 2.62. The van der Waals surface area contributed by atoms with Crippen LogP contribution in [-0.4, -0.2) is 28.9 Å². The number of aliphatic hydroxyl groups is 1. The smallest absolute Gasteiger partial charge is 0.167 e. The van der Waals surface area contributed by atoms with E-state index in [1.165, 1.54) is 0 Å². The Kier molecular flexibility index (Phi) is 6.54. The highest BCUT2D eigenvalue weighted by molar-refractivity contribution is 7.80. The molecule has 4 heteroatoms. The molecule has 0 saturated carbocycles. The zero-order valence-corrected chi connectivity index (χ0v) is 9.03. The maximum absolute atomic E-state index is 8.90. The van der Waals surface area contributed by atoms with Crippen molar-refractivity contribution in [3.8, 4) is 0 Å². The van der Waals surface area contributed by atoms with E-state index in [4.69, 9.17) is 17.3 Å². The molecule has 0 heterocycles. The van der Waals surface area contributed by atoms with Crippen molar-refractivity contribution in [2.24, 2.45) is 0 Å². The second kappa shape index (κ2) is 6.86. The van der Waals surface area contributed by atoms with Gasteiger partial charge < -0.3 is 15.7 Å². The van der Waals surface area contributed by atoms with Gasteiger partial charge in [0.1, 0.15) is 0 Å². The molecule has 2 atom stereocenters. The molecule has 0 amide bonds. The summed E-state index contributed by atoms with van der Waals surface area (Å²) in [6, 6.07) is 0.188. The Balaban J connectivity index is 3.78. The molecule has 0 bridgehead atoms. The summed E-state index contributed by atoms with van der Waals surface area (Å²) >= 11 is 5.02. The minimum Gasteiger partial charge on any atom is -0.394 e. The number of rotatable bonds is 5. The molecule has 76 valence electrons. The van der Waals surface area contributed by atoms with Gasteiger partial charge in [-0.1, -0.05) is 13.0 Å². The molecule has 0 aromatic carbocycles. The lowest BCUT2D eigenvalue weighted by Crippen LogP contribution is -2.45. The van der Waals surface area contributed by atoms with Crippen LogP contribution in [0.2, 0.25) is 0 Å². The van der Waals surface area contributed by atoms with E-state index in [1.54, 1.807) is 6.08 Å². The van der Waals surface area contributed by atoms with Crippen molar-refractivity contribution in [1.29, 1.82) is 0 Å². The first-order chi connectivity index (χ1) is 6.13. The van der Waals surface area contributed by atoms with Crippen LogP contribution in [0.25, 0.3) is 0 Å². The fraction of sp³-hybridized carbons (Fsp3) is 0.667. The van der Waals surface area contributed by atoms with E-state index in [1.807, 2.05) is 13.8 Å². The van der Waals surface area contributed by atoms with Gasteiger partial charge in [-0.15, -0.1) is 6.58 Å². The van der Waals surface area contributed by atoms with E-state index < -0.39 is 0 Å². The zero-order valence-electron chi connectivity index (χ0n) is 8.21. The molecule has 0 aliphatic carbocycles. The highest BCUT2D eigenvalue weighted by Crippen LogP contribution is 1.89. The third-order valence-corrected chi connectivity index (χ3v) is 2.00. The lowest BCUT2D eigenvalue weighted by molar-refractivity contribution is 0.252. The topological polar surface area (TPSA) is 44.3 Å². The Morgan fingerprint density at radius 2 is 2.23 bits per heavy atom. The summed E-state index contributed by atoms with van der Waals surface area (Å²) in [4.78, 5) is 0. The molecule has 0 aliphatic rings. The van der Waals surface area contributed by atoms with Crippen molar-refractivity contribution in [3.63, 3.8) is 0 Å². The predicted molar refractivity (Wildman–Crippen MR) is 59.7 cm³/mol. The van der Waals surface area contributed by atoms with E-state index in [2.05, 4.69) is 17.2 Å². The van der Waals surface area contributed by atoms with Crippen molar-refractivity contribution >= 4 is 17.3 Å². The van der Waals surface area contributed by atoms with Crippen molar-refractivity contribution in [2.45, 2.75) is 32.4 Å². The average molecular weight is 202 g/mol. The van der Waals surface area contributed by atoms with Crippen molar-refractivity contribution in [1.82, 2.24) is 10.6 Å². The molecule has 0 spiro atoms. The number of hydrogen-bond acceptors (Lipinski definition) is 2. The standard InChI is InChI=1S/C9H18N2OS/c1-4-7(3)10-9(13)11-8(5-2)6-12/h4,7-8,12H,1,5-6H2,2-3H3,(H2,10,11,13). The largest absolute Gasteiger partial charge is 0.394 e. The van der Waals surface area contributed by atoms with Crippen LogP contribution >= 0.6 is 12.2 Å². The molecule has 3 N–H and O–H groups in total. The second-order valence-electron chi connectivity index (χ2n) is 2.93.